The normalized spacial score (nSPS) is 12.7. The molecule has 0 rings (SSSR count). The lowest BCUT2D eigenvalue weighted by Gasteiger charge is -2.18. The van der Waals surface area contributed by atoms with E-state index in [1.807, 2.05) is 0 Å². The van der Waals surface area contributed by atoms with Crippen LogP contribution in [-0.2, 0) is 28.6 Å². The third-order valence-corrected chi connectivity index (χ3v) is 14.6. The summed E-state index contributed by atoms with van der Waals surface area (Å²) in [5, 5.41) is 0. The maximum Gasteiger partial charge on any atom is 0.306 e. The standard InChI is InChI=1S/C73H126O6/c1-4-7-10-13-16-19-22-24-26-28-30-31-32-33-34-35-36-37-38-39-40-41-42-43-44-46-47-49-51-54-57-60-63-66-72(75)78-69-70(68-77-71(74)65-62-59-56-53-21-18-15-12-9-6-3)79-73(76)67-64-61-58-55-52-50-48-45-29-27-25-23-20-17-14-11-8-5-2/h7,10,16,19-20,23-24,26-27,29-31,33-34,36-37,70H,4-6,8-9,11-15,17-18,21-22,25,28,32,35,38-69H2,1-3H3/b10-7-,19-16-,23-20-,26-24-,29-27-,31-30-,34-33-,37-36-. The molecule has 454 valence electrons. The van der Waals surface area contributed by atoms with E-state index in [-0.39, 0.29) is 31.1 Å². The molecule has 1 unspecified atom stereocenters. The van der Waals surface area contributed by atoms with Crippen LogP contribution in [0.1, 0.15) is 329 Å². The molecule has 0 spiro atoms. The molecule has 0 saturated carbocycles. The molecule has 6 heteroatoms. The second-order valence-corrected chi connectivity index (χ2v) is 22.4. The van der Waals surface area contributed by atoms with E-state index in [2.05, 4.69) is 118 Å². The van der Waals surface area contributed by atoms with E-state index >= 15 is 0 Å². The summed E-state index contributed by atoms with van der Waals surface area (Å²) in [4.78, 5) is 38.3. The van der Waals surface area contributed by atoms with Crippen molar-refractivity contribution in [2.45, 2.75) is 335 Å². The fourth-order valence-electron chi connectivity index (χ4n) is 9.54. The molecule has 0 aromatic heterocycles. The second kappa shape index (κ2) is 66.8. The molecule has 0 fully saturated rings. The zero-order chi connectivity index (χ0) is 57.1. The van der Waals surface area contributed by atoms with Crippen molar-refractivity contribution in [3.05, 3.63) is 97.2 Å². The SMILES string of the molecule is CC/C=C\C/C=C\C/C=C\C/C=C\C/C=C\C/C=C\CCCCCCCCCCCCCCCCC(=O)OCC(COC(=O)CCCCCCCCCCCC)OC(=O)CCCCCCCCC/C=C\C/C=C\CCCCCC. The predicted molar refractivity (Wildman–Crippen MR) is 344 cm³/mol. The highest BCUT2D eigenvalue weighted by Crippen LogP contribution is 2.17. The molecule has 0 aromatic carbocycles. The van der Waals surface area contributed by atoms with Gasteiger partial charge in [0, 0.05) is 19.3 Å². The quantitative estimate of drug-likeness (QED) is 0.0261. The lowest BCUT2D eigenvalue weighted by molar-refractivity contribution is -0.167. The van der Waals surface area contributed by atoms with E-state index in [4.69, 9.17) is 14.2 Å². The molecule has 0 radical (unpaired) electrons. The van der Waals surface area contributed by atoms with Crippen molar-refractivity contribution in [3.8, 4) is 0 Å². The molecule has 0 bridgehead atoms. The maximum absolute atomic E-state index is 12.9. The first kappa shape index (κ1) is 75.3. The van der Waals surface area contributed by atoms with Gasteiger partial charge < -0.3 is 14.2 Å². The third-order valence-electron chi connectivity index (χ3n) is 14.6. The van der Waals surface area contributed by atoms with Gasteiger partial charge in [0.2, 0.25) is 0 Å². The van der Waals surface area contributed by atoms with Gasteiger partial charge in [-0.15, -0.1) is 0 Å². The van der Waals surface area contributed by atoms with Gasteiger partial charge in [-0.2, -0.15) is 0 Å². The topological polar surface area (TPSA) is 78.9 Å². The number of allylic oxidation sites excluding steroid dienone is 16. The van der Waals surface area contributed by atoms with Gasteiger partial charge in [0.05, 0.1) is 0 Å². The van der Waals surface area contributed by atoms with E-state index in [9.17, 15) is 14.4 Å². The van der Waals surface area contributed by atoms with E-state index in [1.165, 1.54) is 180 Å². The summed E-state index contributed by atoms with van der Waals surface area (Å²) in [6.07, 6.45) is 90.0. The van der Waals surface area contributed by atoms with Crippen LogP contribution in [0.5, 0.6) is 0 Å². The number of rotatable bonds is 61. The minimum Gasteiger partial charge on any atom is -0.462 e. The molecule has 79 heavy (non-hydrogen) atoms. The van der Waals surface area contributed by atoms with Crippen molar-refractivity contribution in [1.82, 2.24) is 0 Å². The molecule has 0 aliphatic carbocycles. The Morgan fingerprint density at radius 3 is 0.785 bits per heavy atom. The van der Waals surface area contributed by atoms with Crippen molar-refractivity contribution in [1.29, 1.82) is 0 Å². The van der Waals surface area contributed by atoms with Crippen LogP contribution < -0.4 is 0 Å². The van der Waals surface area contributed by atoms with Gasteiger partial charge in [0.25, 0.3) is 0 Å². The number of hydrogen-bond acceptors (Lipinski definition) is 6. The van der Waals surface area contributed by atoms with Crippen LogP contribution >= 0.6 is 0 Å². The molecule has 0 aromatic rings. The summed E-state index contributed by atoms with van der Waals surface area (Å²) in [7, 11) is 0. The molecule has 0 aliphatic rings. The van der Waals surface area contributed by atoms with Crippen LogP contribution in [0.3, 0.4) is 0 Å². The van der Waals surface area contributed by atoms with Gasteiger partial charge >= 0.3 is 17.9 Å². The number of carbonyl (C=O) groups is 3. The maximum atomic E-state index is 12.9. The number of esters is 3. The first-order valence-corrected chi connectivity index (χ1v) is 33.7. The van der Waals surface area contributed by atoms with Crippen LogP contribution in [0, 0.1) is 0 Å². The Labute approximate surface area is 489 Å². The molecular formula is C73H126O6. The third kappa shape index (κ3) is 65.0. The van der Waals surface area contributed by atoms with Gasteiger partial charge in [-0.3, -0.25) is 14.4 Å². The highest BCUT2D eigenvalue weighted by molar-refractivity contribution is 5.71. The first-order valence-electron chi connectivity index (χ1n) is 33.7. The average Bonchev–Trinajstić information content (AvgIpc) is 3.45. The summed E-state index contributed by atoms with van der Waals surface area (Å²) in [5.41, 5.74) is 0. The molecule has 0 aliphatic heterocycles. The zero-order valence-electron chi connectivity index (χ0n) is 52.1. The molecule has 6 nitrogen and oxygen atoms in total. The van der Waals surface area contributed by atoms with E-state index in [1.54, 1.807) is 0 Å². The van der Waals surface area contributed by atoms with Crippen LogP contribution in [0.2, 0.25) is 0 Å². The highest BCUT2D eigenvalue weighted by Gasteiger charge is 2.19. The van der Waals surface area contributed by atoms with Gasteiger partial charge in [0.15, 0.2) is 6.10 Å². The molecule has 0 saturated heterocycles. The Kier molecular flexibility index (Phi) is 63.7. The van der Waals surface area contributed by atoms with Crippen molar-refractivity contribution in [2.75, 3.05) is 13.2 Å². The smallest absolute Gasteiger partial charge is 0.306 e. The summed E-state index contributed by atoms with van der Waals surface area (Å²) in [6.45, 7) is 6.52. The lowest BCUT2D eigenvalue weighted by atomic mass is 10.0. The number of unbranched alkanes of at least 4 members (excludes halogenated alkanes) is 34. The van der Waals surface area contributed by atoms with Crippen molar-refractivity contribution < 1.29 is 28.6 Å². The molecule has 0 amide bonds. The Bertz CT molecular complexity index is 1540. The van der Waals surface area contributed by atoms with E-state index in [0.29, 0.717) is 19.3 Å². The van der Waals surface area contributed by atoms with Crippen LogP contribution in [-0.4, -0.2) is 37.2 Å². The summed E-state index contributed by atoms with van der Waals surface area (Å²) in [6, 6.07) is 0. The molecule has 1 atom stereocenters. The van der Waals surface area contributed by atoms with Gasteiger partial charge in [-0.1, -0.05) is 304 Å². The van der Waals surface area contributed by atoms with E-state index in [0.717, 1.165) is 109 Å². The molecule has 0 N–H and O–H groups in total. The van der Waals surface area contributed by atoms with Crippen molar-refractivity contribution in [2.24, 2.45) is 0 Å². The van der Waals surface area contributed by atoms with Gasteiger partial charge in [0.1, 0.15) is 13.2 Å². The fourth-order valence-corrected chi connectivity index (χ4v) is 9.54. The summed E-state index contributed by atoms with van der Waals surface area (Å²) < 4.78 is 16.9. The van der Waals surface area contributed by atoms with Crippen LogP contribution in [0.15, 0.2) is 97.2 Å². The number of hydrogen-bond donors (Lipinski definition) is 0. The lowest BCUT2D eigenvalue weighted by Crippen LogP contribution is -2.30. The second-order valence-electron chi connectivity index (χ2n) is 22.4. The summed E-state index contributed by atoms with van der Waals surface area (Å²) >= 11 is 0. The Morgan fingerprint density at radius 1 is 0.266 bits per heavy atom. The van der Waals surface area contributed by atoms with Crippen molar-refractivity contribution >= 4 is 17.9 Å². The average molecular weight is 1100 g/mol. The minimum absolute atomic E-state index is 0.0764. The largest absolute Gasteiger partial charge is 0.462 e. The number of ether oxygens (including phenoxy) is 3. The highest BCUT2D eigenvalue weighted by atomic mass is 16.6. The minimum atomic E-state index is -0.779. The number of carbonyl (C=O) groups excluding carboxylic acids is 3. The monoisotopic (exact) mass is 1100 g/mol. The van der Waals surface area contributed by atoms with Crippen LogP contribution in [0.25, 0.3) is 0 Å². The Balaban J connectivity index is 4.15. The van der Waals surface area contributed by atoms with Gasteiger partial charge in [-0.05, 0) is 103 Å². The van der Waals surface area contributed by atoms with Gasteiger partial charge in [-0.25, -0.2) is 0 Å². The predicted octanol–water partition coefficient (Wildman–Crippen LogP) is 23.2. The first-order chi connectivity index (χ1) is 39.0. The molecular weight excluding hydrogens is 973 g/mol. The fraction of sp³-hybridized carbons (Fsp3) is 0.740. The zero-order valence-corrected chi connectivity index (χ0v) is 52.1. The molecule has 0 heterocycles. The Hall–Kier alpha value is -3.67. The Morgan fingerprint density at radius 2 is 0.494 bits per heavy atom. The van der Waals surface area contributed by atoms with Crippen LogP contribution in [0.4, 0.5) is 0 Å². The van der Waals surface area contributed by atoms with E-state index < -0.39 is 6.10 Å². The van der Waals surface area contributed by atoms with Crippen molar-refractivity contribution in [3.63, 3.8) is 0 Å². The summed E-state index contributed by atoms with van der Waals surface area (Å²) in [5.74, 6) is -0.874.